The quantitative estimate of drug-likeness (QED) is 0.889. The van der Waals surface area contributed by atoms with Crippen LogP contribution in [0.15, 0.2) is 30.5 Å². The van der Waals surface area contributed by atoms with Crippen LogP contribution in [-0.4, -0.2) is 16.9 Å². The number of pyridine rings is 1. The Morgan fingerprint density at radius 1 is 1.19 bits per heavy atom. The number of hydrogen-bond donors (Lipinski definition) is 2. The Labute approximate surface area is 124 Å². The Morgan fingerprint density at radius 2 is 1.86 bits per heavy atom. The van der Waals surface area contributed by atoms with E-state index in [9.17, 15) is 4.79 Å². The van der Waals surface area contributed by atoms with Crippen molar-refractivity contribution >= 4 is 22.5 Å². The Hall–Kier alpha value is -2.10. The molecule has 0 saturated heterocycles. The van der Waals surface area contributed by atoms with E-state index in [0.29, 0.717) is 11.4 Å². The number of carbonyl (C=O) groups excluding carboxylic acids is 1. The number of carbonyl (C=O) groups is 1. The molecular formula is C17H21N3O. The van der Waals surface area contributed by atoms with Gasteiger partial charge in [-0.25, -0.2) is 4.98 Å². The van der Waals surface area contributed by atoms with Crippen molar-refractivity contribution in [1.29, 1.82) is 0 Å². The predicted octanol–water partition coefficient (Wildman–Crippen LogP) is 3.13. The molecule has 3 N–H and O–H groups in total. The van der Waals surface area contributed by atoms with Gasteiger partial charge in [0.25, 0.3) is 5.91 Å². The molecule has 110 valence electrons. The van der Waals surface area contributed by atoms with Gasteiger partial charge >= 0.3 is 0 Å². The van der Waals surface area contributed by atoms with Crippen molar-refractivity contribution in [2.45, 2.75) is 38.6 Å². The summed E-state index contributed by atoms with van der Waals surface area (Å²) < 4.78 is 0. The summed E-state index contributed by atoms with van der Waals surface area (Å²) in [6, 6.07) is 7.93. The van der Waals surface area contributed by atoms with Gasteiger partial charge in [-0.05, 0) is 37.0 Å². The van der Waals surface area contributed by atoms with Crippen molar-refractivity contribution in [3.63, 3.8) is 0 Å². The summed E-state index contributed by atoms with van der Waals surface area (Å²) in [5, 5.41) is 4.85. The first kappa shape index (κ1) is 13.9. The Bertz CT molecular complexity index is 660. The number of fused-ring (bicyclic) bond motifs is 1. The second kappa shape index (κ2) is 5.72. The lowest BCUT2D eigenvalue weighted by molar-refractivity contribution is 0.0924. The predicted molar refractivity (Wildman–Crippen MR) is 85.0 cm³/mol. The lowest BCUT2D eigenvalue weighted by Crippen LogP contribution is -2.37. The molecule has 1 amide bonds. The number of rotatable bonds is 2. The molecule has 1 aromatic heterocycles. The maximum Gasteiger partial charge on any atom is 0.253 e. The standard InChI is InChI=1S/C17H21N3O/c1-11-6-8-12(9-7-11)20-17(21)15-10-19-16(18)14-5-3-2-4-13(14)15/h2-5,10-12H,6-9H2,1H3,(H2,18,19)(H,20,21). The summed E-state index contributed by atoms with van der Waals surface area (Å²) in [5.41, 5.74) is 6.49. The highest BCUT2D eigenvalue weighted by atomic mass is 16.1. The summed E-state index contributed by atoms with van der Waals surface area (Å²) in [6.07, 6.45) is 6.08. The molecular weight excluding hydrogens is 262 g/mol. The Balaban J connectivity index is 1.83. The fraction of sp³-hybridized carbons (Fsp3) is 0.412. The van der Waals surface area contributed by atoms with Crippen LogP contribution in [0.25, 0.3) is 10.8 Å². The van der Waals surface area contributed by atoms with E-state index >= 15 is 0 Å². The van der Waals surface area contributed by atoms with E-state index in [-0.39, 0.29) is 11.9 Å². The number of nitrogens with zero attached hydrogens (tertiary/aromatic N) is 1. The average molecular weight is 283 g/mol. The monoisotopic (exact) mass is 283 g/mol. The largest absolute Gasteiger partial charge is 0.383 e. The summed E-state index contributed by atoms with van der Waals surface area (Å²) in [4.78, 5) is 16.7. The summed E-state index contributed by atoms with van der Waals surface area (Å²) in [5.74, 6) is 1.20. The third-order valence-electron chi connectivity index (χ3n) is 4.42. The molecule has 1 saturated carbocycles. The lowest BCUT2D eigenvalue weighted by atomic mass is 9.87. The number of anilines is 1. The van der Waals surface area contributed by atoms with E-state index in [1.54, 1.807) is 6.20 Å². The van der Waals surface area contributed by atoms with Crippen molar-refractivity contribution in [1.82, 2.24) is 10.3 Å². The van der Waals surface area contributed by atoms with Gasteiger partial charge in [0.2, 0.25) is 0 Å². The van der Waals surface area contributed by atoms with Crippen LogP contribution in [0, 0.1) is 5.92 Å². The molecule has 2 aromatic rings. The second-order valence-corrected chi connectivity index (χ2v) is 6.03. The molecule has 4 nitrogen and oxygen atoms in total. The van der Waals surface area contributed by atoms with Gasteiger partial charge in [-0.15, -0.1) is 0 Å². The van der Waals surface area contributed by atoms with Gasteiger partial charge in [0.05, 0.1) is 5.56 Å². The van der Waals surface area contributed by atoms with E-state index < -0.39 is 0 Å². The number of hydrogen-bond acceptors (Lipinski definition) is 3. The normalized spacial score (nSPS) is 22.1. The number of aromatic nitrogens is 1. The van der Waals surface area contributed by atoms with E-state index in [2.05, 4.69) is 17.2 Å². The van der Waals surface area contributed by atoms with Gasteiger partial charge in [0.15, 0.2) is 0 Å². The molecule has 1 heterocycles. The topological polar surface area (TPSA) is 68.0 Å². The highest BCUT2D eigenvalue weighted by Crippen LogP contribution is 2.25. The van der Waals surface area contributed by atoms with Gasteiger partial charge in [-0.3, -0.25) is 4.79 Å². The molecule has 0 spiro atoms. The molecule has 1 aliphatic rings. The van der Waals surface area contributed by atoms with E-state index in [4.69, 9.17) is 5.73 Å². The third-order valence-corrected chi connectivity index (χ3v) is 4.42. The Morgan fingerprint density at radius 3 is 2.57 bits per heavy atom. The van der Waals surface area contributed by atoms with E-state index in [1.807, 2.05) is 24.3 Å². The minimum Gasteiger partial charge on any atom is -0.383 e. The summed E-state index contributed by atoms with van der Waals surface area (Å²) >= 11 is 0. The smallest absolute Gasteiger partial charge is 0.253 e. The van der Waals surface area contributed by atoms with Crippen LogP contribution in [0.1, 0.15) is 43.0 Å². The van der Waals surface area contributed by atoms with Gasteiger partial charge in [-0.1, -0.05) is 31.2 Å². The molecule has 0 bridgehead atoms. The maximum absolute atomic E-state index is 12.5. The molecule has 0 radical (unpaired) electrons. The number of benzene rings is 1. The molecule has 0 aliphatic heterocycles. The summed E-state index contributed by atoms with van der Waals surface area (Å²) in [7, 11) is 0. The fourth-order valence-electron chi connectivity index (χ4n) is 3.06. The molecule has 0 atom stereocenters. The molecule has 4 heteroatoms. The van der Waals surface area contributed by atoms with Crippen LogP contribution in [-0.2, 0) is 0 Å². The first-order valence-electron chi connectivity index (χ1n) is 7.59. The highest BCUT2D eigenvalue weighted by molar-refractivity contribution is 6.09. The van der Waals surface area contributed by atoms with Gasteiger partial charge in [-0.2, -0.15) is 0 Å². The van der Waals surface area contributed by atoms with Crippen LogP contribution >= 0.6 is 0 Å². The first-order chi connectivity index (χ1) is 10.1. The lowest BCUT2D eigenvalue weighted by Gasteiger charge is -2.27. The first-order valence-corrected chi connectivity index (χ1v) is 7.59. The maximum atomic E-state index is 12.5. The molecule has 0 unspecified atom stereocenters. The SMILES string of the molecule is CC1CCC(NC(=O)c2cnc(N)c3ccccc23)CC1. The average Bonchev–Trinajstić information content (AvgIpc) is 2.50. The molecule has 1 fully saturated rings. The molecule has 21 heavy (non-hydrogen) atoms. The van der Waals surface area contributed by atoms with Gasteiger partial charge in [0, 0.05) is 17.6 Å². The van der Waals surface area contributed by atoms with E-state index in [0.717, 1.165) is 29.5 Å². The minimum absolute atomic E-state index is 0.0433. The van der Waals surface area contributed by atoms with Gasteiger partial charge in [0.1, 0.15) is 5.82 Å². The number of nitrogen functional groups attached to an aromatic ring is 1. The third kappa shape index (κ3) is 2.84. The van der Waals surface area contributed by atoms with Crippen molar-refractivity contribution < 1.29 is 4.79 Å². The van der Waals surface area contributed by atoms with Gasteiger partial charge < -0.3 is 11.1 Å². The van der Waals surface area contributed by atoms with Crippen molar-refractivity contribution in [2.24, 2.45) is 5.92 Å². The number of nitrogens with one attached hydrogen (secondary N) is 1. The highest BCUT2D eigenvalue weighted by Gasteiger charge is 2.21. The molecule has 1 aromatic carbocycles. The zero-order valence-corrected chi connectivity index (χ0v) is 12.3. The van der Waals surface area contributed by atoms with Crippen LogP contribution in [0.4, 0.5) is 5.82 Å². The van der Waals surface area contributed by atoms with Crippen LogP contribution in [0.5, 0.6) is 0 Å². The van der Waals surface area contributed by atoms with Crippen molar-refractivity contribution in [3.8, 4) is 0 Å². The second-order valence-electron chi connectivity index (χ2n) is 6.03. The molecule has 3 rings (SSSR count). The summed E-state index contributed by atoms with van der Waals surface area (Å²) in [6.45, 7) is 2.27. The molecule has 1 aliphatic carbocycles. The van der Waals surface area contributed by atoms with E-state index in [1.165, 1.54) is 12.8 Å². The van der Waals surface area contributed by atoms with Crippen LogP contribution in [0.3, 0.4) is 0 Å². The number of nitrogens with two attached hydrogens (primary N) is 1. The zero-order chi connectivity index (χ0) is 14.8. The Kier molecular flexibility index (Phi) is 3.78. The minimum atomic E-state index is -0.0433. The van der Waals surface area contributed by atoms with Crippen molar-refractivity contribution in [2.75, 3.05) is 5.73 Å². The zero-order valence-electron chi connectivity index (χ0n) is 12.3. The number of amides is 1. The van der Waals surface area contributed by atoms with Crippen LogP contribution < -0.4 is 11.1 Å². The van der Waals surface area contributed by atoms with Crippen molar-refractivity contribution in [3.05, 3.63) is 36.0 Å². The van der Waals surface area contributed by atoms with Crippen LogP contribution in [0.2, 0.25) is 0 Å². The fourth-order valence-corrected chi connectivity index (χ4v) is 3.06.